The number of halogens is 3. The molecule has 0 amide bonds. The van der Waals surface area contributed by atoms with Crippen molar-refractivity contribution in [1.82, 2.24) is 0 Å². The molecule has 14 heavy (non-hydrogen) atoms. The molecule has 0 saturated heterocycles. The van der Waals surface area contributed by atoms with Gasteiger partial charge in [-0.2, -0.15) is 0 Å². The summed E-state index contributed by atoms with van der Waals surface area (Å²) in [7, 11) is 0. The van der Waals surface area contributed by atoms with Gasteiger partial charge in [0.05, 0.1) is 9.13 Å². The van der Waals surface area contributed by atoms with E-state index in [4.69, 9.17) is 0 Å². The van der Waals surface area contributed by atoms with Crippen molar-refractivity contribution >= 4 is 28.4 Å². The van der Waals surface area contributed by atoms with E-state index in [1.54, 1.807) is 22.6 Å². The number of Topliss-reactive ketones (excluding diaryl/α,β-unsaturated/α-hetero) is 1. The number of rotatable bonds is 2. The van der Waals surface area contributed by atoms with Crippen LogP contribution in [0.3, 0.4) is 0 Å². The Balaban J connectivity index is 3.33. The lowest BCUT2D eigenvalue weighted by atomic mass is 10.1. The van der Waals surface area contributed by atoms with Crippen LogP contribution in [-0.4, -0.2) is 10.9 Å². The Bertz CT molecular complexity index is 377. The van der Waals surface area contributed by atoms with Crippen molar-refractivity contribution in [2.75, 3.05) is 0 Å². The zero-order valence-corrected chi connectivity index (χ0v) is 9.38. The van der Waals surface area contributed by atoms with Crippen LogP contribution in [0.2, 0.25) is 0 Å². The second-order valence-electron chi connectivity index (χ2n) is 2.72. The van der Waals surface area contributed by atoms with Crippen molar-refractivity contribution in [3.05, 3.63) is 26.8 Å². The van der Waals surface area contributed by atoms with Gasteiger partial charge in [-0.3, -0.25) is 4.79 Å². The average Bonchev–Trinajstić information content (AvgIpc) is 2.08. The molecule has 0 aliphatic heterocycles. The van der Waals surface area contributed by atoms with Crippen LogP contribution in [0.1, 0.15) is 29.3 Å². The number of hydrogen-bond donors (Lipinski definition) is 1. The highest BCUT2D eigenvalue weighted by atomic mass is 127. The first-order valence-electron chi connectivity index (χ1n) is 3.75. The molecular formula is C9H7F2IO2. The van der Waals surface area contributed by atoms with Crippen LogP contribution in [0.4, 0.5) is 8.78 Å². The Morgan fingerprint density at radius 1 is 1.50 bits per heavy atom. The van der Waals surface area contributed by atoms with Crippen molar-refractivity contribution in [2.24, 2.45) is 0 Å². The predicted molar refractivity (Wildman–Crippen MR) is 55.8 cm³/mol. The Labute approximate surface area is 93.1 Å². The standard InChI is InChI=1S/C9H7F2IO2/c1-4(13)5-2-3-6(9(10)11)8(14)7(5)12/h2-3,9,14H,1H3. The van der Waals surface area contributed by atoms with Gasteiger partial charge in [-0.1, -0.05) is 0 Å². The molecule has 0 atom stereocenters. The number of phenols is 1. The van der Waals surface area contributed by atoms with Gasteiger partial charge in [-0.05, 0) is 41.6 Å². The molecule has 0 fully saturated rings. The van der Waals surface area contributed by atoms with Gasteiger partial charge in [0.25, 0.3) is 6.43 Å². The van der Waals surface area contributed by atoms with Crippen molar-refractivity contribution in [3.63, 3.8) is 0 Å². The van der Waals surface area contributed by atoms with Gasteiger partial charge in [0.15, 0.2) is 5.78 Å². The normalized spacial score (nSPS) is 10.6. The van der Waals surface area contributed by atoms with Crippen LogP contribution in [-0.2, 0) is 0 Å². The molecule has 0 aliphatic rings. The molecule has 1 aromatic rings. The summed E-state index contributed by atoms with van der Waals surface area (Å²) >= 11 is 1.67. The first-order chi connectivity index (χ1) is 6.45. The fourth-order valence-electron chi connectivity index (χ4n) is 1.03. The van der Waals surface area contributed by atoms with Crippen LogP contribution in [0, 0.1) is 3.57 Å². The quantitative estimate of drug-likeness (QED) is 0.673. The van der Waals surface area contributed by atoms with Gasteiger partial charge in [0, 0.05) is 5.56 Å². The monoisotopic (exact) mass is 312 g/mol. The van der Waals surface area contributed by atoms with Gasteiger partial charge in [0.2, 0.25) is 0 Å². The second-order valence-corrected chi connectivity index (χ2v) is 3.80. The van der Waals surface area contributed by atoms with E-state index in [1.807, 2.05) is 0 Å². The first-order valence-corrected chi connectivity index (χ1v) is 4.83. The number of hydrogen-bond acceptors (Lipinski definition) is 2. The molecule has 1 aromatic carbocycles. The minimum absolute atomic E-state index is 0.174. The van der Waals surface area contributed by atoms with E-state index in [9.17, 15) is 18.7 Å². The number of phenolic OH excluding ortho intramolecular Hbond substituents is 1. The van der Waals surface area contributed by atoms with Crippen LogP contribution < -0.4 is 0 Å². The molecule has 0 spiro atoms. The van der Waals surface area contributed by atoms with Crippen LogP contribution >= 0.6 is 22.6 Å². The molecule has 0 bridgehead atoms. The largest absolute Gasteiger partial charge is 0.506 e. The number of ketones is 1. The topological polar surface area (TPSA) is 37.3 Å². The summed E-state index contributed by atoms with van der Waals surface area (Å²) in [5.74, 6) is -0.765. The SMILES string of the molecule is CC(=O)c1ccc(C(F)F)c(O)c1I. The summed E-state index contributed by atoms with van der Waals surface area (Å²) in [6.07, 6.45) is -2.73. The van der Waals surface area contributed by atoms with Crippen LogP contribution in [0.15, 0.2) is 12.1 Å². The average molecular weight is 312 g/mol. The summed E-state index contributed by atoms with van der Waals surface area (Å²) in [5, 5.41) is 9.36. The van der Waals surface area contributed by atoms with Crippen LogP contribution in [0.25, 0.3) is 0 Å². The molecule has 2 nitrogen and oxygen atoms in total. The number of alkyl halides is 2. The number of carbonyl (C=O) groups is 1. The minimum Gasteiger partial charge on any atom is -0.506 e. The van der Waals surface area contributed by atoms with Gasteiger partial charge >= 0.3 is 0 Å². The molecule has 0 saturated carbocycles. The van der Waals surface area contributed by atoms with E-state index in [1.165, 1.54) is 13.0 Å². The molecule has 0 aliphatic carbocycles. The third-order valence-corrected chi connectivity index (χ3v) is 2.85. The summed E-state index contributed by atoms with van der Waals surface area (Å²) < 4.78 is 24.8. The summed E-state index contributed by atoms with van der Waals surface area (Å²) in [4.78, 5) is 11.0. The highest BCUT2D eigenvalue weighted by molar-refractivity contribution is 14.1. The zero-order chi connectivity index (χ0) is 10.9. The predicted octanol–water partition coefficient (Wildman–Crippen LogP) is 3.14. The minimum atomic E-state index is -2.73. The summed E-state index contributed by atoms with van der Waals surface area (Å²) in [6, 6.07) is 2.37. The Morgan fingerprint density at radius 3 is 2.50 bits per heavy atom. The van der Waals surface area contributed by atoms with Crippen molar-refractivity contribution in [2.45, 2.75) is 13.3 Å². The highest BCUT2D eigenvalue weighted by Gasteiger charge is 2.18. The third-order valence-electron chi connectivity index (χ3n) is 1.76. The third kappa shape index (κ3) is 2.02. The Morgan fingerprint density at radius 2 is 2.07 bits per heavy atom. The lowest BCUT2D eigenvalue weighted by Crippen LogP contribution is -1.98. The number of benzene rings is 1. The first kappa shape index (κ1) is 11.4. The number of aromatic hydroxyl groups is 1. The number of carbonyl (C=O) groups excluding carboxylic acids is 1. The zero-order valence-electron chi connectivity index (χ0n) is 7.22. The van der Waals surface area contributed by atoms with Gasteiger partial charge in [0.1, 0.15) is 5.75 Å². The second kappa shape index (κ2) is 4.20. The Kier molecular flexibility index (Phi) is 3.41. The maximum absolute atomic E-state index is 12.3. The smallest absolute Gasteiger partial charge is 0.267 e. The molecule has 1 N–H and O–H groups in total. The van der Waals surface area contributed by atoms with Crippen LogP contribution in [0.5, 0.6) is 5.75 Å². The molecule has 0 heterocycles. The van der Waals surface area contributed by atoms with Gasteiger partial charge in [-0.25, -0.2) is 8.78 Å². The maximum Gasteiger partial charge on any atom is 0.267 e. The van der Waals surface area contributed by atoms with E-state index in [-0.39, 0.29) is 14.9 Å². The molecule has 76 valence electrons. The Hall–Kier alpha value is -0.720. The fraction of sp³-hybridized carbons (Fsp3) is 0.222. The lowest BCUT2D eigenvalue weighted by molar-refractivity contribution is 0.101. The van der Waals surface area contributed by atoms with E-state index in [0.29, 0.717) is 0 Å². The molecule has 1 rings (SSSR count). The maximum atomic E-state index is 12.3. The molecule has 0 unspecified atom stereocenters. The lowest BCUT2D eigenvalue weighted by Gasteiger charge is -2.07. The summed E-state index contributed by atoms with van der Waals surface area (Å²) in [6.45, 7) is 1.32. The van der Waals surface area contributed by atoms with E-state index < -0.39 is 17.7 Å². The van der Waals surface area contributed by atoms with E-state index >= 15 is 0 Å². The van der Waals surface area contributed by atoms with Gasteiger partial charge in [-0.15, -0.1) is 0 Å². The molecule has 5 heteroatoms. The van der Waals surface area contributed by atoms with E-state index in [2.05, 4.69) is 0 Å². The summed E-state index contributed by atoms with van der Waals surface area (Å²) in [5.41, 5.74) is -0.188. The van der Waals surface area contributed by atoms with E-state index in [0.717, 1.165) is 6.07 Å². The molecule has 0 aromatic heterocycles. The fourth-order valence-corrected chi connectivity index (χ4v) is 1.90. The van der Waals surface area contributed by atoms with Crippen molar-refractivity contribution in [3.8, 4) is 5.75 Å². The van der Waals surface area contributed by atoms with Crippen molar-refractivity contribution in [1.29, 1.82) is 0 Å². The van der Waals surface area contributed by atoms with Gasteiger partial charge < -0.3 is 5.11 Å². The van der Waals surface area contributed by atoms with Crippen molar-refractivity contribution < 1.29 is 18.7 Å². The highest BCUT2D eigenvalue weighted by Crippen LogP contribution is 2.34. The molecular weight excluding hydrogens is 305 g/mol. The molecule has 0 radical (unpaired) electrons.